The van der Waals surface area contributed by atoms with Crippen molar-refractivity contribution in [2.45, 2.75) is 0 Å². The Morgan fingerprint density at radius 1 is 1.71 bits per heavy atom. The molecule has 0 spiro atoms. The van der Waals surface area contributed by atoms with E-state index in [1.54, 1.807) is 0 Å². The summed E-state index contributed by atoms with van der Waals surface area (Å²) in [4.78, 5) is 15.8. The Kier molecular flexibility index (Phi) is 2.42. The molecule has 0 aromatic carbocycles. The van der Waals surface area contributed by atoms with Gasteiger partial charge in [-0.1, -0.05) is 0 Å². The number of nitrogens with two attached hydrogens (primary N) is 1. The van der Waals surface area contributed by atoms with Gasteiger partial charge >= 0.3 is 7.60 Å². The molecule has 0 aromatic rings. The summed E-state index contributed by atoms with van der Waals surface area (Å²) in [5, 5.41) is 9.33. The monoisotopic (exact) mass is 127 g/mol. The average molecular weight is 127 g/mol. The van der Waals surface area contributed by atoms with Crippen molar-refractivity contribution in [3.05, 3.63) is 5.21 Å². The summed E-state index contributed by atoms with van der Waals surface area (Å²) in [6.45, 7) is 0. The van der Waals surface area contributed by atoms with Gasteiger partial charge in [0.15, 0.2) is 6.29 Å². The first-order valence-electron chi connectivity index (χ1n) is 1.54. The number of hydrogen-bond acceptors (Lipinski definition) is 2. The van der Waals surface area contributed by atoms with Crippen LogP contribution < -0.4 is 5.48 Å². The molecule has 0 atom stereocenters. The van der Waals surface area contributed by atoms with Gasteiger partial charge in [0.2, 0.25) is 0 Å². The van der Waals surface area contributed by atoms with E-state index in [-0.39, 0.29) is 5.48 Å². The second-order valence-corrected chi connectivity index (χ2v) is 2.71. The van der Waals surface area contributed by atoms with Crippen molar-refractivity contribution in [3.8, 4) is 0 Å². The minimum absolute atomic E-state index is 0.195. The smallest absolute Gasteiger partial charge is 0.379 e. The SMILES string of the molecule is O=P(O)(O)C[NH2+][O-]. The molecule has 44 valence electrons. The third-order valence-electron chi connectivity index (χ3n) is 0.312. The topological polar surface area (TPSA) is 97.2 Å². The average Bonchev–Trinajstić information content (AvgIpc) is 1.30. The summed E-state index contributed by atoms with van der Waals surface area (Å²) in [5.41, 5.74) is 0.195. The Hall–Kier alpha value is 0.0700. The van der Waals surface area contributed by atoms with Crippen LogP contribution in [-0.4, -0.2) is 16.1 Å². The van der Waals surface area contributed by atoms with Crippen LogP contribution in [0.5, 0.6) is 0 Å². The van der Waals surface area contributed by atoms with Gasteiger partial charge in [-0.05, 0) is 0 Å². The lowest BCUT2D eigenvalue weighted by atomic mass is 11.5. The Balaban J connectivity index is 3.36. The standard InChI is InChI=1S/CH6NO4P/c3-2-1-7(4,5)6/h1-2H2,(H2,4,5,6). The van der Waals surface area contributed by atoms with Gasteiger partial charge in [-0.2, -0.15) is 0 Å². The Morgan fingerprint density at radius 3 is 2.14 bits per heavy atom. The molecule has 0 aliphatic carbocycles. The van der Waals surface area contributed by atoms with E-state index in [0.717, 1.165) is 0 Å². The highest BCUT2D eigenvalue weighted by atomic mass is 31.2. The van der Waals surface area contributed by atoms with Gasteiger partial charge in [0.25, 0.3) is 0 Å². The van der Waals surface area contributed by atoms with E-state index in [1.807, 2.05) is 0 Å². The van der Waals surface area contributed by atoms with E-state index in [1.165, 1.54) is 0 Å². The fourth-order valence-corrected chi connectivity index (χ4v) is 0.291. The van der Waals surface area contributed by atoms with Crippen LogP contribution in [0.25, 0.3) is 0 Å². The van der Waals surface area contributed by atoms with Gasteiger partial charge in [0.1, 0.15) is 0 Å². The van der Waals surface area contributed by atoms with Crippen LogP contribution in [0.2, 0.25) is 0 Å². The minimum atomic E-state index is -4.03. The lowest BCUT2D eigenvalue weighted by molar-refractivity contribution is -0.571. The zero-order chi connectivity index (χ0) is 5.91. The van der Waals surface area contributed by atoms with E-state index in [9.17, 15) is 9.77 Å². The first kappa shape index (κ1) is 7.07. The lowest BCUT2D eigenvalue weighted by Gasteiger charge is -2.01. The number of quaternary nitrogens is 1. The molecule has 0 bridgehead atoms. The first-order chi connectivity index (χ1) is 3.06. The summed E-state index contributed by atoms with van der Waals surface area (Å²) in [5.74, 6) is 0. The Morgan fingerprint density at radius 2 is 2.14 bits per heavy atom. The Bertz CT molecular complexity index is 85.7. The summed E-state index contributed by atoms with van der Waals surface area (Å²) < 4.78 is 9.69. The summed E-state index contributed by atoms with van der Waals surface area (Å²) in [6, 6.07) is 0. The fraction of sp³-hybridized carbons (Fsp3) is 1.00. The molecule has 0 saturated carbocycles. The molecular formula is CH6NO4P. The van der Waals surface area contributed by atoms with Crippen LogP contribution in [0.3, 0.4) is 0 Å². The maximum Gasteiger partial charge on any atom is 0.379 e. The van der Waals surface area contributed by atoms with Gasteiger partial charge in [-0.3, -0.25) is 4.57 Å². The highest BCUT2D eigenvalue weighted by molar-refractivity contribution is 7.51. The quantitative estimate of drug-likeness (QED) is 0.300. The Labute approximate surface area is 40.1 Å². The van der Waals surface area contributed by atoms with Crippen LogP contribution in [0.4, 0.5) is 0 Å². The molecule has 0 aliphatic heterocycles. The molecular weight excluding hydrogens is 121 g/mol. The van der Waals surface area contributed by atoms with Crippen molar-refractivity contribution in [1.82, 2.24) is 0 Å². The third-order valence-corrected chi connectivity index (χ3v) is 0.937. The van der Waals surface area contributed by atoms with Crippen LogP contribution in [0.15, 0.2) is 0 Å². The van der Waals surface area contributed by atoms with Crippen molar-refractivity contribution >= 4 is 7.60 Å². The van der Waals surface area contributed by atoms with Crippen molar-refractivity contribution in [2.75, 3.05) is 6.29 Å². The molecule has 0 aromatic heterocycles. The molecule has 7 heavy (non-hydrogen) atoms. The summed E-state index contributed by atoms with van der Waals surface area (Å²) in [6.07, 6.45) is -0.674. The molecule has 0 aliphatic rings. The van der Waals surface area contributed by atoms with Crippen LogP contribution >= 0.6 is 7.60 Å². The number of hydrogen-bond donors (Lipinski definition) is 3. The zero-order valence-corrected chi connectivity index (χ0v) is 4.34. The summed E-state index contributed by atoms with van der Waals surface area (Å²) in [7, 11) is -4.03. The maximum absolute atomic E-state index is 9.69. The van der Waals surface area contributed by atoms with E-state index in [2.05, 4.69) is 0 Å². The van der Waals surface area contributed by atoms with E-state index in [0.29, 0.717) is 0 Å². The lowest BCUT2D eigenvalue weighted by Crippen LogP contribution is -2.77. The fourth-order valence-electron chi connectivity index (χ4n) is 0.0971. The van der Waals surface area contributed by atoms with Crippen LogP contribution in [0, 0.1) is 5.21 Å². The van der Waals surface area contributed by atoms with Crippen molar-refractivity contribution in [2.24, 2.45) is 0 Å². The molecule has 0 radical (unpaired) electrons. The largest absolute Gasteiger partial charge is 0.635 e. The highest BCUT2D eigenvalue weighted by Crippen LogP contribution is 2.29. The molecule has 6 heteroatoms. The minimum Gasteiger partial charge on any atom is -0.635 e. The molecule has 5 nitrogen and oxygen atoms in total. The maximum atomic E-state index is 9.69. The molecule has 0 heterocycles. The van der Waals surface area contributed by atoms with E-state index in [4.69, 9.17) is 9.79 Å². The summed E-state index contributed by atoms with van der Waals surface area (Å²) >= 11 is 0. The molecule has 4 N–H and O–H groups in total. The van der Waals surface area contributed by atoms with E-state index >= 15 is 0 Å². The molecule has 0 saturated heterocycles. The van der Waals surface area contributed by atoms with Gasteiger partial charge < -0.3 is 20.5 Å². The number of rotatable bonds is 2. The second-order valence-electron chi connectivity index (χ2n) is 1.01. The van der Waals surface area contributed by atoms with Gasteiger partial charge in [0, 0.05) is 0 Å². The second kappa shape index (κ2) is 2.40. The first-order valence-corrected chi connectivity index (χ1v) is 3.34. The van der Waals surface area contributed by atoms with Crippen LogP contribution in [-0.2, 0) is 4.57 Å². The van der Waals surface area contributed by atoms with Gasteiger partial charge in [-0.15, -0.1) is 0 Å². The highest BCUT2D eigenvalue weighted by Gasteiger charge is 2.11. The predicted octanol–water partition coefficient (Wildman–Crippen LogP) is -1.82. The van der Waals surface area contributed by atoms with Crippen molar-refractivity contribution in [1.29, 1.82) is 0 Å². The number of hydroxylamine groups is 1. The van der Waals surface area contributed by atoms with Gasteiger partial charge in [-0.25, -0.2) is 0 Å². The molecule has 0 amide bonds. The zero-order valence-electron chi connectivity index (χ0n) is 3.44. The predicted molar refractivity (Wildman–Crippen MR) is 22.2 cm³/mol. The van der Waals surface area contributed by atoms with Crippen molar-refractivity contribution in [3.63, 3.8) is 0 Å². The van der Waals surface area contributed by atoms with Crippen LogP contribution in [0.1, 0.15) is 0 Å². The normalized spacial score (nSPS) is 11.9. The molecule has 0 rings (SSSR count). The third kappa shape index (κ3) is 6.07. The molecule has 0 unspecified atom stereocenters. The van der Waals surface area contributed by atoms with E-state index < -0.39 is 13.9 Å². The van der Waals surface area contributed by atoms with Gasteiger partial charge in [0.05, 0.1) is 0 Å². The molecule has 0 fully saturated rings. The van der Waals surface area contributed by atoms with Crippen molar-refractivity contribution < 1.29 is 19.8 Å².